The van der Waals surface area contributed by atoms with Crippen molar-refractivity contribution in [3.8, 4) is 0 Å². The first-order chi connectivity index (χ1) is 14.3. The molecule has 1 N–H and O–H groups in total. The quantitative estimate of drug-likeness (QED) is 0.709. The number of ether oxygens (including phenoxy) is 1. The molecular weight excluding hydrogens is 382 g/mol. The van der Waals surface area contributed by atoms with E-state index in [9.17, 15) is 14.4 Å². The van der Waals surface area contributed by atoms with Crippen LogP contribution < -0.4 is 10.3 Å². The molecule has 0 aromatic heterocycles. The number of anilines is 1. The molecule has 30 heavy (non-hydrogen) atoms. The van der Waals surface area contributed by atoms with Crippen molar-refractivity contribution in [2.75, 3.05) is 25.7 Å². The third-order valence-electron chi connectivity index (χ3n) is 5.40. The zero-order valence-corrected chi connectivity index (χ0v) is 17.5. The fraction of sp³-hybridized carbons (Fsp3) is 0.348. The van der Waals surface area contributed by atoms with Gasteiger partial charge in [-0.25, -0.2) is 4.79 Å². The van der Waals surface area contributed by atoms with Gasteiger partial charge >= 0.3 is 5.97 Å². The monoisotopic (exact) mass is 409 g/mol. The van der Waals surface area contributed by atoms with Gasteiger partial charge in [0.15, 0.2) is 0 Å². The number of nitrogens with zero attached hydrogens (tertiary/aromatic N) is 2. The van der Waals surface area contributed by atoms with Gasteiger partial charge in [0, 0.05) is 19.9 Å². The van der Waals surface area contributed by atoms with Crippen LogP contribution in [0.1, 0.15) is 18.9 Å². The number of para-hydroxylation sites is 1. The fourth-order valence-corrected chi connectivity index (χ4v) is 3.71. The smallest absolute Gasteiger partial charge is 0.331 e. The first-order valence-corrected chi connectivity index (χ1v) is 9.87. The van der Waals surface area contributed by atoms with Gasteiger partial charge in [0.05, 0.1) is 25.3 Å². The van der Waals surface area contributed by atoms with Crippen LogP contribution in [0.4, 0.5) is 5.69 Å². The highest BCUT2D eigenvalue weighted by atomic mass is 16.5. The van der Waals surface area contributed by atoms with Crippen LogP contribution in [-0.2, 0) is 25.5 Å². The minimum Gasteiger partial charge on any atom is -0.467 e. The van der Waals surface area contributed by atoms with E-state index in [-0.39, 0.29) is 24.8 Å². The van der Waals surface area contributed by atoms with E-state index in [2.05, 4.69) is 5.32 Å². The maximum atomic E-state index is 13.0. The molecule has 0 radical (unpaired) electrons. The van der Waals surface area contributed by atoms with Gasteiger partial charge in [-0.3, -0.25) is 19.6 Å². The summed E-state index contributed by atoms with van der Waals surface area (Å²) < 4.78 is 4.95. The van der Waals surface area contributed by atoms with Gasteiger partial charge in [-0.2, -0.15) is 0 Å². The molecule has 7 nitrogen and oxygen atoms in total. The molecule has 158 valence electrons. The number of esters is 1. The van der Waals surface area contributed by atoms with Crippen LogP contribution in [0, 0.1) is 5.92 Å². The van der Waals surface area contributed by atoms with Gasteiger partial charge in [0.1, 0.15) is 5.54 Å². The Morgan fingerprint density at radius 3 is 2.33 bits per heavy atom. The SMILES string of the molecule is COC(=O)C(C)(Cc1ccccc1)NC(=O)C1CC(=O)N(N(C)c2ccccc2)C1. The number of rotatable bonds is 7. The lowest BCUT2D eigenvalue weighted by Crippen LogP contribution is -2.56. The van der Waals surface area contributed by atoms with Crippen molar-refractivity contribution in [2.24, 2.45) is 5.92 Å². The average Bonchev–Trinajstić information content (AvgIpc) is 3.15. The number of benzene rings is 2. The normalized spacial score (nSPS) is 17.9. The molecule has 2 amide bonds. The fourth-order valence-electron chi connectivity index (χ4n) is 3.71. The number of carbonyl (C=O) groups is 3. The predicted molar refractivity (Wildman–Crippen MR) is 113 cm³/mol. The van der Waals surface area contributed by atoms with Crippen LogP contribution in [0.15, 0.2) is 60.7 Å². The van der Waals surface area contributed by atoms with Crippen LogP contribution in [0.2, 0.25) is 0 Å². The largest absolute Gasteiger partial charge is 0.467 e. The molecule has 1 fully saturated rings. The summed E-state index contributed by atoms with van der Waals surface area (Å²) in [5, 5.41) is 6.15. The number of hydrogen-bond donors (Lipinski definition) is 1. The minimum atomic E-state index is -1.23. The molecule has 2 atom stereocenters. The second kappa shape index (κ2) is 8.98. The summed E-state index contributed by atoms with van der Waals surface area (Å²) in [6, 6.07) is 18.9. The minimum absolute atomic E-state index is 0.0889. The molecule has 2 aromatic rings. The van der Waals surface area contributed by atoms with E-state index in [1.165, 1.54) is 7.11 Å². The van der Waals surface area contributed by atoms with Gasteiger partial charge in [-0.1, -0.05) is 48.5 Å². The van der Waals surface area contributed by atoms with E-state index < -0.39 is 17.4 Å². The second-order valence-corrected chi connectivity index (χ2v) is 7.71. The van der Waals surface area contributed by atoms with Gasteiger partial charge in [-0.05, 0) is 24.6 Å². The number of hydrogen-bond acceptors (Lipinski definition) is 5. The lowest BCUT2D eigenvalue weighted by molar-refractivity contribution is -0.150. The van der Waals surface area contributed by atoms with Crippen LogP contribution in [0.3, 0.4) is 0 Å². The molecule has 7 heteroatoms. The lowest BCUT2D eigenvalue weighted by atomic mass is 9.91. The standard InChI is InChI=1S/C23H27N3O4/c1-23(22(29)30-3,15-17-10-6-4-7-11-17)24-21(28)18-14-20(27)26(16-18)25(2)19-12-8-5-9-13-19/h4-13,18H,14-16H2,1-3H3,(H,24,28). The molecule has 0 spiro atoms. The molecular formula is C23H27N3O4. The Balaban J connectivity index is 1.71. The van der Waals surface area contributed by atoms with Crippen molar-refractivity contribution in [3.63, 3.8) is 0 Å². The van der Waals surface area contributed by atoms with Gasteiger partial charge in [0.25, 0.3) is 0 Å². The number of carbonyl (C=O) groups excluding carboxylic acids is 3. The summed E-state index contributed by atoms with van der Waals surface area (Å²) >= 11 is 0. The summed E-state index contributed by atoms with van der Waals surface area (Å²) in [6.45, 7) is 1.90. The average molecular weight is 409 g/mol. The van der Waals surface area contributed by atoms with E-state index in [0.717, 1.165) is 11.3 Å². The summed E-state index contributed by atoms with van der Waals surface area (Å²) in [6.07, 6.45) is 0.381. The van der Waals surface area contributed by atoms with Crippen LogP contribution in [0.25, 0.3) is 0 Å². The number of methoxy groups -OCH3 is 1. The molecule has 1 aliphatic heterocycles. The highest BCUT2D eigenvalue weighted by Crippen LogP contribution is 2.25. The molecule has 0 bridgehead atoms. The van der Waals surface area contributed by atoms with Gasteiger partial charge in [-0.15, -0.1) is 0 Å². The van der Waals surface area contributed by atoms with Crippen molar-refractivity contribution < 1.29 is 19.1 Å². The van der Waals surface area contributed by atoms with Gasteiger partial charge in [0.2, 0.25) is 11.8 Å². The predicted octanol–water partition coefficient (Wildman–Crippen LogP) is 2.18. The van der Waals surface area contributed by atoms with Crippen LogP contribution in [-0.4, -0.2) is 49.0 Å². The van der Waals surface area contributed by atoms with Crippen molar-refractivity contribution in [1.82, 2.24) is 10.3 Å². The molecule has 0 saturated carbocycles. The van der Waals surface area contributed by atoms with Crippen molar-refractivity contribution in [3.05, 3.63) is 66.2 Å². The lowest BCUT2D eigenvalue weighted by Gasteiger charge is -2.31. The van der Waals surface area contributed by atoms with Crippen molar-refractivity contribution in [2.45, 2.75) is 25.3 Å². The van der Waals surface area contributed by atoms with E-state index in [1.807, 2.05) is 60.7 Å². The summed E-state index contributed by atoms with van der Waals surface area (Å²) in [7, 11) is 3.09. The first-order valence-electron chi connectivity index (χ1n) is 9.87. The van der Waals surface area contributed by atoms with Crippen molar-refractivity contribution in [1.29, 1.82) is 0 Å². The van der Waals surface area contributed by atoms with E-state index in [0.29, 0.717) is 6.42 Å². The maximum Gasteiger partial charge on any atom is 0.331 e. The van der Waals surface area contributed by atoms with E-state index in [1.54, 1.807) is 24.0 Å². The zero-order valence-electron chi connectivity index (χ0n) is 17.5. The molecule has 1 aliphatic rings. The third kappa shape index (κ3) is 4.62. The number of amides is 2. The first kappa shape index (κ1) is 21.4. The summed E-state index contributed by atoms with van der Waals surface area (Å²) in [4.78, 5) is 38.1. The Morgan fingerprint density at radius 2 is 1.73 bits per heavy atom. The van der Waals surface area contributed by atoms with Crippen LogP contribution >= 0.6 is 0 Å². The third-order valence-corrected chi connectivity index (χ3v) is 5.40. The Morgan fingerprint density at radius 1 is 1.13 bits per heavy atom. The van der Waals surface area contributed by atoms with Crippen molar-refractivity contribution >= 4 is 23.5 Å². The molecule has 1 saturated heterocycles. The van der Waals surface area contributed by atoms with Crippen LogP contribution in [0.5, 0.6) is 0 Å². The summed E-state index contributed by atoms with van der Waals surface area (Å²) in [5.74, 6) is -1.55. The number of nitrogens with one attached hydrogen (secondary N) is 1. The molecule has 2 aromatic carbocycles. The molecule has 1 heterocycles. The Hall–Kier alpha value is -3.35. The molecule has 2 unspecified atom stereocenters. The Bertz CT molecular complexity index is 903. The second-order valence-electron chi connectivity index (χ2n) is 7.71. The number of hydrazine groups is 1. The topological polar surface area (TPSA) is 78.9 Å². The zero-order chi connectivity index (χ0) is 21.7. The summed E-state index contributed by atoms with van der Waals surface area (Å²) in [5.41, 5.74) is 0.531. The Kier molecular flexibility index (Phi) is 6.40. The van der Waals surface area contributed by atoms with Gasteiger partial charge < -0.3 is 10.1 Å². The molecule has 0 aliphatic carbocycles. The molecule has 3 rings (SSSR count). The van der Waals surface area contributed by atoms with E-state index in [4.69, 9.17) is 4.74 Å². The highest BCUT2D eigenvalue weighted by molar-refractivity contribution is 5.93. The van der Waals surface area contributed by atoms with E-state index >= 15 is 0 Å². The highest BCUT2D eigenvalue weighted by Gasteiger charge is 2.42. The Labute approximate surface area is 176 Å². The maximum absolute atomic E-state index is 13.0.